The molecule has 2 aromatic carbocycles. The molecule has 0 spiro atoms. The number of allylic oxidation sites excluding steroid dienone is 1. The maximum Gasteiger partial charge on any atom is 0.340 e. The number of dihydropyridines is 1. The summed E-state index contributed by atoms with van der Waals surface area (Å²) < 4.78 is 12.2. The number of rotatable bonds is 6. The van der Waals surface area contributed by atoms with Gasteiger partial charge in [0.25, 0.3) is 0 Å². The van der Waals surface area contributed by atoms with Crippen LogP contribution in [0.15, 0.2) is 70.9 Å². The summed E-state index contributed by atoms with van der Waals surface area (Å²) >= 11 is 0. The number of benzene rings is 2. The molecule has 0 fully saturated rings. The van der Waals surface area contributed by atoms with Gasteiger partial charge in [0.15, 0.2) is 6.17 Å². The summed E-state index contributed by atoms with van der Waals surface area (Å²) in [6.45, 7) is 3.98. The van der Waals surface area contributed by atoms with Gasteiger partial charge in [-0.15, -0.1) is 0 Å². The van der Waals surface area contributed by atoms with Crippen LogP contribution in [0.3, 0.4) is 0 Å². The number of aliphatic imine (C=N–C) groups is 2. The number of methoxy groups -OCH3 is 2. The molecule has 9 heteroatoms. The third-order valence-electron chi connectivity index (χ3n) is 6.08. The van der Waals surface area contributed by atoms with Gasteiger partial charge in [-0.05, 0) is 49.8 Å². The summed E-state index contributed by atoms with van der Waals surface area (Å²) in [5.74, 6) is 0.759. The van der Waals surface area contributed by atoms with Crippen LogP contribution in [0.4, 0.5) is 11.5 Å². The van der Waals surface area contributed by atoms with E-state index < -0.39 is 5.97 Å². The molecule has 5 rings (SSSR count). The number of esters is 1. The highest BCUT2D eigenvalue weighted by Crippen LogP contribution is 2.35. The fourth-order valence-corrected chi connectivity index (χ4v) is 4.27. The lowest BCUT2D eigenvalue weighted by molar-refractivity contribution is 0.0601. The number of aromatic nitrogens is 2. The second-order valence-electron chi connectivity index (χ2n) is 8.35. The molecular formula is C27H26N6O3. The van der Waals surface area contributed by atoms with Crippen LogP contribution < -0.4 is 15.4 Å². The predicted molar refractivity (Wildman–Crippen MR) is 141 cm³/mol. The first-order valence-corrected chi connectivity index (χ1v) is 11.4. The van der Waals surface area contributed by atoms with E-state index in [9.17, 15) is 4.79 Å². The number of anilines is 2. The highest BCUT2D eigenvalue weighted by Gasteiger charge is 2.26. The Morgan fingerprint density at radius 3 is 2.75 bits per heavy atom. The average Bonchev–Trinajstić information content (AvgIpc) is 3.23. The lowest BCUT2D eigenvalue weighted by atomic mass is 10.0. The zero-order chi connectivity index (χ0) is 25.2. The summed E-state index contributed by atoms with van der Waals surface area (Å²) in [4.78, 5) is 21.8. The van der Waals surface area contributed by atoms with Crippen molar-refractivity contribution in [3.05, 3.63) is 83.3 Å². The van der Waals surface area contributed by atoms with Crippen molar-refractivity contribution >= 4 is 35.0 Å². The van der Waals surface area contributed by atoms with Crippen molar-refractivity contribution in [3.8, 4) is 11.4 Å². The zero-order valence-electron chi connectivity index (χ0n) is 20.4. The number of hydrogen-bond donors (Lipinski definition) is 2. The molecule has 1 atom stereocenters. The fourth-order valence-electron chi connectivity index (χ4n) is 4.27. The number of carbonyl (C=O) groups is 1. The predicted octanol–water partition coefficient (Wildman–Crippen LogP) is 4.34. The average molecular weight is 483 g/mol. The van der Waals surface area contributed by atoms with Crippen LogP contribution in [0.2, 0.25) is 0 Å². The summed E-state index contributed by atoms with van der Waals surface area (Å²) in [5.41, 5.74) is 6.18. The van der Waals surface area contributed by atoms with E-state index >= 15 is 0 Å². The van der Waals surface area contributed by atoms with Gasteiger partial charge in [-0.2, -0.15) is 5.10 Å². The molecule has 3 aromatic rings. The van der Waals surface area contributed by atoms with E-state index in [4.69, 9.17) is 14.6 Å². The number of para-hydroxylation sites is 1. The first-order chi connectivity index (χ1) is 17.5. The molecule has 1 aromatic heterocycles. The maximum absolute atomic E-state index is 12.6. The number of ether oxygens (including phenoxy) is 2. The SMILES string of the molecule is COC(=O)c1cc(OC)ccc1Nc1c(C2=CC3=NC=CNC3N=C2)c(C)nn1-c1ccccc1C. The molecule has 9 nitrogen and oxygen atoms in total. The van der Waals surface area contributed by atoms with E-state index in [-0.39, 0.29) is 6.17 Å². The Labute approximate surface area is 208 Å². The van der Waals surface area contributed by atoms with Gasteiger partial charge in [0.1, 0.15) is 11.6 Å². The Balaban J connectivity index is 1.70. The van der Waals surface area contributed by atoms with Crippen LogP contribution >= 0.6 is 0 Å². The first-order valence-electron chi connectivity index (χ1n) is 11.4. The first kappa shape index (κ1) is 23.1. The highest BCUT2D eigenvalue weighted by atomic mass is 16.5. The van der Waals surface area contributed by atoms with Crippen LogP contribution in [-0.2, 0) is 4.74 Å². The topological polar surface area (TPSA) is 102 Å². The summed E-state index contributed by atoms with van der Waals surface area (Å²) in [6, 6.07) is 13.2. The maximum atomic E-state index is 12.6. The quantitative estimate of drug-likeness (QED) is 0.507. The molecule has 0 radical (unpaired) electrons. The van der Waals surface area contributed by atoms with E-state index in [2.05, 4.69) is 20.6 Å². The summed E-state index contributed by atoms with van der Waals surface area (Å²) in [5, 5.41) is 11.5. The van der Waals surface area contributed by atoms with Gasteiger partial charge in [-0.1, -0.05) is 18.2 Å². The van der Waals surface area contributed by atoms with Crippen molar-refractivity contribution in [2.45, 2.75) is 20.0 Å². The monoisotopic (exact) mass is 482 g/mol. The van der Waals surface area contributed by atoms with Crippen molar-refractivity contribution in [3.63, 3.8) is 0 Å². The molecule has 2 aliphatic rings. The molecular weight excluding hydrogens is 456 g/mol. The minimum absolute atomic E-state index is 0.214. The Hall–Kier alpha value is -4.66. The van der Waals surface area contributed by atoms with Gasteiger partial charge < -0.3 is 20.1 Å². The molecule has 3 heterocycles. The van der Waals surface area contributed by atoms with Gasteiger partial charge >= 0.3 is 5.97 Å². The number of fused-ring (bicyclic) bond motifs is 1. The molecule has 182 valence electrons. The van der Waals surface area contributed by atoms with Crippen LogP contribution in [-0.4, -0.2) is 48.1 Å². The second-order valence-corrected chi connectivity index (χ2v) is 8.35. The van der Waals surface area contributed by atoms with Crippen molar-refractivity contribution in [2.75, 3.05) is 19.5 Å². The number of carbonyl (C=O) groups excluding carboxylic acids is 1. The molecule has 2 aliphatic heterocycles. The number of aryl methyl sites for hydroxylation is 2. The molecule has 0 bridgehead atoms. The van der Waals surface area contributed by atoms with Crippen molar-refractivity contribution in [1.29, 1.82) is 0 Å². The Morgan fingerprint density at radius 1 is 1.14 bits per heavy atom. The Morgan fingerprint density at radius 2 is 1.97 bits per heavy atom. The lowest BCUT2D eigenvalue weighted by Gasteiger charge is -2.21. The summed E-state index contributed by atoms with van der Waals surface area (Å²) in [7, 11) is 2.91. The van der Waals surface area contributed by atoms with E-state index in [1.165, 1.54) is 7.11 Å². The Bertz CT molecular complexity index is 1460. The molecule has 1 unspecified atom stereocenters. The van der Waals surface area contributed by atoms with Crippen molar-refractivity contribution in [2.24, 2.45) is 9.98 Å². The number of nitrogens with one attached hydrogen (secondary N) is 2. The normalized spacial score (nSPS) is 15.9. The molecule has 0 aliphatic carbocycles. The molecule has 0 saturated heterocycles. The largest absolute Gasteiger partial charge is 0.497 e. The minimum Gasteiger partial charge on any atom is -0.497 e. The zero-order valence-corrected chi connectivity index (χ0v) is 20.4. The Kier molecular flexibility index (Phi) is 6.12. The van der Waals surface area contributed by atoms with E-state index in [0.717, 1.165) is 33.8 Å². The standard InChI is InChI=1S/C27H26N6O3/c1-16-7-5-6-8-23(16)33-26(31-21-10-9-19(35-3)14-20(21)27(34)36-4)24(17(2)32-33)18-13-22-25(30-15-18)29-12-11-28-22/h5-15,25,29,31H,1-4H3. The third-order valence-corrected chi connectivity index (χ3v) is 6.08. The molecule has 0 amide bonds. The van der Waals surface area contributed by atoms with Gasteiger partial charge in [0.2, 0.25) is 0 Å². The third kappa shape index (κ3) is 4.15. The second kappa shape index (κ2) is 9.53. The van der Waals surface area contributed by atoms with Crippen LogP contribution in [0.1, 0.15) is 27.2 Å². The smallest absolute Gasteiger partial charge is 0.340 e. The van der Waals surface area contributed by atoms with Gasteiger partial charge in [-0.3, -0.25) is 9.98 Å². The number of nitrogens with zero attached hydrogens (tertiary/aromatic N) is 4. The summed E-state index contributed by atoms with van der Waals surface area (Å²) in [6.07, 6.45) is 7.10. The lowest BCUT2D eigenvalue weighted by Crippen LogP contribution is -2.34. The van der Waals surface area contributed by atoms with Gasteiger partial charge in [0, 0.05) is 29.8 Å². The van der Waals surface area contributed by atoms with Crippen LogP contribution in [0.5, 0.6) is 5.75 Å². The van der Waals surface area contributed by atoms with Gasteiger partial charge in [-0.25, -0.2) is 9.48 Å². The van der Waals surface area contributed by atoms with Gasteiger partial charge in [0.05, 0.1) is 42.6 Å². The number of hydrogen-bond acceptors (Lipinski definition) is 8. The van der Waals surface area contributed by atoms with Crippen molar-refractivity contribution < 1.29 is 14.3 Å². The molecule has 36 heavy (non-hydrogen) atoms. The van der Waals surface area contributed by atoms with Crippen molar-refractivity contribution in [1.82, 2.24) is 15.1 Å². The van der Waals surface area contributed by atoms with E-state index in [0.29, 0.717) is 22.8 Å². The van der Waals surface area contributed by atoms with E-state index in [1.807, 2.05) is 55.1 Å². The molecule has 0 saturated carbocycles. The molecule has 2 N–H and O–H groups in total. The van der Waals surface area contributed by atoms with Crippen LogP contribution in [0, 0.1) is 13.8 Å². The highest BCUT2D eigenvalue weighted by molar-refractivity contribution is 6.23. The van der Waals surface area contributed by atoms with E-state index in [1.54, 1.807) is 37.7 Å². The van der Waals surface area contributed by atoms with Crippen LogP contribution in [0.25, 0.3) is 11.3 Å². The minimum atomic E-state index is -0.479. The fraction of sp³-hybridized carbons (Fsp3) is 0.185.